The Labute approximate surface area is 102 Å². The van der Waals surface area contributed by atoms with Crippen molar-refractivity contribution < 1.29 is 14.8 Å². The van der Waals surface area contributed by atoms with Gasteiger partial charge in [-0.15, -0.1) is 5.11 Å². The molecule has 0 atom stereocenters. The van der Waals surface area contributed by atoms with E-state index in [-0.39, 0.29) is 35.8 Å². The Hall–Kier alpha value is -2.57. The number of nitrogens with zero attached hydrogens (tertiary/aromatic N) is 3. The molecular formula is C11H9N3O4. The Balaban J connectivity index is 2.17. The fourth-order valence-electron chi connectivity index (χ4n) is 1.49. The number of aliphatic hydroxyl groups is 1. The number of aliphatic hydroxyl groups excluding tert-OH is 1. The van der Waals surface area contributed by atoms with E-state index < -0.39 is 4.92 Å². The summed E-state index contributed by atoms with van der Waals surface area (Å²) in [5.41, 5.74) is 0.293. The number of ketones is 1. The van der Waals surface area contributed by atoms with Crippen LogP contribution in [0.15, 0.2) is 46.0 Å². The van der Waals surface area contributed by atoms with E-state index in [1.807, 2.05) is 0 Å². The second-order valence-corrected chi connectivity index (χ2v) is 3.69. The number of azo groups is 1. The molecule has 0 heterocycles. The molecule has 0 fully saturated rings. The Morgan fingerprint density at radius 3 is 2.33 bits per heavy atom. The first-order valence-corrected chi connectivity index (χ1v) is 5.19. The first-order valence-electron chi connectivity index (χ1n) is 5.19. The fraction of sp³-hybridized carbons (Fsp3) is 0.182. The number of rotatable bonds is 3. The maximum atomic E-state index is 11.3. The summed E-state index contributed by atoms with van der Waals surface area (Å²) in [6, 6.07) is 5.41. The normalized spacial score (nSPS) is 15.7. The van der Waals surface area contributed by atoms with Crippen molar-refractivity contribution in [2.24, 2.45) is 10.2 Å². The second-order valence-electron chi connectivity index (χ2n) is 3.69. The van der Waals surface area contributed by atoms with Gasteiger partial charge in [0.1, 0.15) is 5.76 Å². The van der Waals surface area contributed by atoms with E-state index in [1.54, 1.807) is 0 Å². The third-order valence-corrected chi connectivity index (χ3v) is 2.45. The third kappa shape index (κ3) is 2.40. The van der Waals surface area contributed by atoms with E-state index in [0.717, 1.165) is 0 Å². The summed E-state index contributed by atoms with van der Waals surface area (Å²) < 4.78 is 0. The second kappa shape index (κ2) is 4.74. The van der Waals surface area contributed by atoms with Crippen LogP contribution in [-0.4, -0.2) is 15.8 Å². The van der Waals surface area contributed by atoms with Gasteiger partial charge in [-0.05, 0) is 12.1 Å². The van der Waals surface area contributed by atoms with E-state index >= 15 is 0 Å². The number of benzene rings is 1. The fourth-order valence-corrected chi connectivity index (χ4v) is 1.49. The minimum absolute atomic E-state index is 0.0339. The van der Waals surface area contributed by atoms with Crippen molar-refractivity contribution in [2.75, 3.05) is 0 Å². The van der Waals surface area contributed by atoms with Gasteiger partial charge >= 0.3 is 0 Å². The smallest absolute Gasteiger partial charge is 0.269 e. The van der Waals surface area contributed by atoms with Gasteiger partial charge in [-0.25, -0.2) is 0 Å². The Kier molecular flexibility index (Phi) is 3.13. The zero-order valence-corrected chi connectivity index (χ0v) is 9.24. The van der Waals surface area contributed by atoms with Gasteiger partial charge in [-0.3, -0.25) is 14.9 Å². The van der Waals surface area contributed by atoms with Crippen LogP contribution in [-0.2, 0) is 4.79 Å². The highest BCUT2D eigenvalue weighted by atomic mass is 16.6. The average molecular weight is 247 g/mol. The van der Waals surface area contributed by atoms with Crippen LogP contribution in [0, 0.1) is 10.1 Å². The van der Waals surface area contributed by atoms with Crippen LogP contribution in [0.25, 0.3) is 0 Å². The van der Waals surface area contributed by atoms with Crippen LogP contribution in [0.1, 0.15) is 12.8 Å². The molecule has 1 aliphatic rings. The summed E-state index contributed by atoms with van der Waals surface area (Å²) in [4.78, 5) is 21.2. The van der Waals surface area contributed by atoms with Crippen molar-refractivity contribution >= 4 is 17.2 Å². The molecule has 18 heavy (non-hydrogen) atoms. The van der Waals surface area contributed by atoms with Crippen molar-refractivity contribution in [3.63, 3.8) is 0 Å². The van der Waals surface area contributed by atoms with Crippen LogP contribution >= 0.6 is 0 Å². The molecule has 1 N–H and O–H groups in total. The molecule has 7 nitrogen and oxygen atoms in total. The molecule has 7 heteroatoms. The predicted molar refractivity (Wildman–Crippen MR) is 61.5 cm³/mol. The van der Waals surface area contributed by atoms with Gasteiger partial charge in [0.05, 0.1) is 10.6 Å². The summed E-state index contributed by atoms with van der Waals surface area (Å²) in [6.07, 6.45) is 0.522. The van der Waals surface area contributed by atoms with Gasteiger partial charge in [0.15, 0.2) is 11.5 Å². The molecule has 2 rings (SSSR count). The lowest BCUT2D eigenvalue weighted by Crippen LogP contribution is -1.92. The molecule has 0 bridgehead atoms. The van der Waals surface area contributed by atoms with Crippen molar-refractivity contribution in [3.8, 4) is 0 Å². The zero-order valence-electron chi connectivity index (χ0n) is 9.24. The van der Waals surface area contributed by atoms with Gasteiger partial charge in [-0.1, -0.05) is 0 Å². The number of Topliss-reactive ketones (excluding diaryl/α,β-unsaturated/α-hetero) is 1. The van der Waals surface area contributed by atoms with Crippen molar-refractivity contribution in [2.45, 2.75) is 12.8 Å². The minimum atomic E-state index is -0.518. The Morgan fingerprint density at radius 1 is 1.17 bits per heavy atom. The largest absolute Gasteiger partial charge is 0.510 e. The van der Waals surface area contributed by atoms with Gasteiger partial charge in [-0.2, -0.15) is 5.11 Å². The van der Waals surface area contributed by atoms with Gasteiger partial charge in [0, 0.05) is 25.0 Å². The van der Waals surface area contributed by atoms with Crippen molar-refractivity contribution in [1.29, 1.82) is 0 Å². The standard InChI is InChI=1S/C11H9N3O4/c15-9-5-6-10(16)11(9)13-12-7-1-3-8(4-2-7)14(17)18/h1-4,15H,5-6H2. The molecule has 1 aliphatic carbocycles. The van der Waals surface area contributed by atoms with E-state index in [9.17, 15) is 20.0 Å². The summed E-state index contributed by atoms with van der Waals surface area (Å²) in [6.45, 7) is 0. The maximum Gasteiger partial charge on any atom is 0.269 e. The van der Waals surface area contributed by atoms with E-state index in [4.69, 9.17) is 0 Å². The maximum absolute atomic E-state index is 11.3. The van der Waals surface area contributed by atoms with Gasteiger partial charge in [0.2, 0.25) is 0 Å². The van der Waals surface area contributed by atoms with Crippen LogP contribution < -0.4 is 0 Å². The Morgan fingerprint density at radius 2 is 1.83 bits per heavy atom. The average Bonchev–Trinajstić information content (AvgIpc) is 2.67. The molecule has 0 saturated carbocycles. The number of carbonyl (C=O) groups is 1. The quantitative estimate of drug-likeness (QED) is 0.503. The monoisotopic (exact) mass is 247 g/mol. The number of carbonyl (C=O) groups excluding carboxylic acids is 1. The van der Waals surface area contributed by atoms with Crippen LogP contribution in [0.4, 0.5) is 11.4 Å². The number of hydrogen-bond donors (Lipinski definition) is 1. The summed E-state index contributed by atoms with van der Waals surface area (Å²) >= 11 is 0. The van der Waals surface area contributed by atoms with E-state index in [2.05, 4.69) is 10.2 Å². The molecule has 0 saturated heterocycles. The number of allylic oxidation sites excluding steroid dienone is 2. The predicted octanol–water partition coefficient (Wildman–Crippen LogP) is 2.81. The van der Waals surface area contributed by atoms with Gasteiger partial charge < -0.3 is 5.11 Å². The Bertz CT molecular complexity index is 560. The van der Waals surface area contributed by atoms with Crippen molar-refractivity contribution in [1.82, 2.24) is 0 Å². The van der Waals surface area contributed by atoms with E-state index in [0.29, 0.717) is 5.69 Å². The van der Waals surface area contributed by atoms with Crippen LogP contribution in [0.5, 0.6) is 0 Å². The van der Waals surface area contributed by atoms with E-state index in [1.165, 1.54) is 24.3 Å². The molecule has 0 amide bonds. The SMILES string of the molecule is O=C1CCC(O)=C1N=Nc1ccc([N+](=O)[O-])cc1. The first kappa shape index (κ1) is 11.9. The lowest BCUT2D eigenvalue weighted by Gasteiger charge is -1.94. The topological polar surface area (TPSA) is 105 Å². The highest BCUT2D eigenvalue weighted by molar-refractivity contribution is 5.97. The van der Waals surface area contributed by atoms with Crippen LogP contribution in [0.2, 0.25) is 0 Å². The molecular weight excluding hydrogens is 238 g/mol. The molecule has 1 aromatic carbocycles. The number of hydrogen-bond acceptors (Lipinski definition) is 6. The number of non-ortho nitro benzene ring substituents is 1. The van der Waals surface area contributed by atoms with Gasteiger partial charge in [0.25, 0.3) is 5.69 Å². The van der Waals surface area contributed by atoms with Crippen LogP contribution in [0.3, 0.4) is 0 Å². The molecule has 92 valence electrons. The highest BCUT2D eigenvalue weighted by Gasteiger charge is 2.22. The summed E-state index contributed by atoms with van der Waals surface area (Å²) in [5.74, 6) is -0.316. The third-order valence-electron chi connectivity index (χ3n) is 2.45. The molecule has 0 unspecified atom stereocenters. The highest BCUT2D eigenvalue weighted by Crippen LogP contribution is 2.24. The molecule has 0 aromatic heterocycles. The zero-order chi connectivity index (χ0) is 13.1. The molecule has 0 radical (unpaired) electrons. The molecule has 1 aromatic rings. The first-order chi connectivity index (χ1) is 8.58. The number of nitro benzene ring substituents is 1. The summed E-state index contributed by atoms with van der Waals surface area (Å²) in [5, 5.41) is 27.2. The minimum Gasteiger partial charge on any atom is -0.510 e. The number of nitro groups is 1. The van der Waals surface area contributed by atoms with Crippen molar-refractivity contribution in [3.05, 3.63) is 45.8 Å². The lowest BCUT2D eigenvalue weighted by molar-refractivity contribution is -0.384. The summed E-state index contributed by atoms with van der Waals surface area (Å²) in [7, 11) is 0. The molecule has 0 aliphatic heterocycles. The molecule has 0 spiro atoms. The lowest BCUT2D eigenvalue weighted by atomic mass is 10.3.